The average molecular weight is 812 g/mol. The molecular weight excluding hydrogens is 767 g/mol. The van der Waals surface area contributed by atoms with Crippen molar-refractivity contribution in [2.24, 2.45) is 26.7 Å². The van der Waals surface area contributed by atoms with Crippen LogP contribution in [-0.4, -0.2) is 149 Å². The molecule has 3 unspecified atom stereocenters. The number of hydrogen-bond acceptors (Lipinski definition) is 13. The third-order valence-corrected chi connectivity index (χ3v) is 12.8. The molecule has 0 aliphatic carbocycles. The molecule has 4 atom stereocenters. The molecule has 3 aromatic rings. The van der Waals surface area contributed by atoms with E-state index in [4.69, 9.17) is 20.6 Å². The van der Waals surface area contributed by atoms with Gasteiger partial charge in [0.1, 0.15) is 35.6 Å². The maximum absolute atomic E-state index is 14.0. The second-order valence-corrected chi connectivity index (χ2v) is 16.3. The molecule has 17 heteroatoms. The minimum atomic E-state index is -0.993. The van der Waals surface area contributed by atoms with E-state index in [1.54, 1.807) is 12.1 Å². The largest absolute Gasteiger partial charge is 0.457 e. The Kier molecular flexibility index (Phi) is 9.53. The molecule has 0 bridgehead atoms. The van der Waals surface area contributed by atoms with E-state index in [2.05, 4.69) is 20.1 Å². The normalized spacial score (nSPS) is 25.8. The first kappa shape index (κ1) is 37.6. The maximum Gasteiger partial charge on any atom is 0.320 e. The number of carbonyl (C=O) groups excluding carboxylic acids is 5. The Bertz CT molecular complexity index is 2340. The van der Waals surface area contributed by atoms with Crippen molar-refractivity contribution >= 4 is 53.2 Å². The number of hydrazone groups is 1. The molecule has 0 radical (unpaired) electrons. The van der Waals surface area contributed by atoms with Crippen LogP contribution in [0.25, 0.3) is 0 Å². The lowest BCUT2D eigenvalue weighted by atomic mass is 9.92. The first-order chi connectivity index (χ1) is 29.2. The number of ether oxygens (including phenoxy) is 1. The smallest absolute Gasteiger partial charge is 0.320 e. The SMILES string of the molecule is NC1=NC=NC2C1C(c1ccc(Oc3ccccc3)cc1)=NN2[C@@H]1CCCN(C(=O)N2CCN(C3CN(c4ccc5c(c4)C(=O)N(C4CCC(=O)NC4=O)C5=O)C3)CC2)C1. The molecule has 0 spiro atoms. The number of likely N-dealkylation sites (tertiary alicyclic amines) is 1. The average Bonchev–Trinajstić information content (AvgIpc) is 3.76. The maximum atomic E-state index is 14.0. The summed E-state index contributed by atoms with van der Waals surface area (Å²) in [5, 5.41) is 9.41. The number of imide groups is 2. The number of para-hydroxylation sites is 1. The highest BCUT2D eigenvalue weighted by molar-refractivity contribution is 6.24. The number of piperazine rings is 1. The van der Waals surface area contributed by atoms with Crippen LogP contribution in [0.2, 0.25) is 0 Å². The van der Waals surface area contributed by atoms with Crippen LogP contribution in [0.3, 0.4) is 0 Å². The van der Waals surface area contributed by atoms with E-state index in [1.807, 2.05) is 75.5 Å². The number of nitrogens with zero attached hydrogens (tertiary/aromatic N) is 9. The molecule has 0 aromatic heterocycles. The Balaban J connectivity index is 0.738. The van der Waals surface area contributed by atoms with Crippen molar-refractivity contribution in [3.63, 3.8) is 0 Å². The lowest BCUT2D eigenvalue weighted by molar-refractivity contribution is -0.136. The molecule has 17 nitrogen and oxygen atoms in total. The number of hydrogen-bond donors (Lipinski definition) is 2. The van der Waals surface area contributed by atoms with Crippen molar-refractivity contribution in [3.8, 4) is 11.5 Å². The highest BCUT2D eigenvalue weighted by Gasteiger charge is 2.47. The summed E-state index contributed by atoms with van der Waals surface area (Å²) in [5.41, 5.74) is 9.60. The third kappa shape index (κ3) is 6.71. The fraction of sp³-hybridized carbons (Fsp3) is 0.395. The van der Waals surface area contributed by atoms with Crippen LogP contribution >= 0.6 is 0 Å². The molecular formula is C43H45N11O6. The van der Waals surface area contributed by atoms with Crippen molar-refractivity contribution in [1.29, 1.82) is 0 Å². The van der Waals surface area contributed by atoms with Gasteiger partial charge >= 0.3 is 6.03 Å². The first-order valence-corrected chi connectivity index (χ1v) is 20.6. The number of benzene rings is 3. The van der Waals surface area contributed by atoms with Crippen LogP contribution in [0.5, 0.6) is 11.5 Å². The molecule has 7 heterocycles. The second-order valence-electron chi connectivity index (χ2n) is 16.3. The summed E-state index contributed by atoms with van der Waals surface area (Å²) < 4.78 is 6.01. The molecule has 308 valence electrons. The van der Waals surface area contributed by atoms with Crippen molar-refractivity contribution < 1.29 is 28.7 Å². The van der Waals surface area contributed by atoms with Crippen LogP contribution in [-0.2, 0) is 9.59 Å². The summed E-state index contributed by atoms with van der Waals surface area (Å²) in [7, 11) is 0. The van der Waals surface area contributed by atoms with Crippen LogP contribution in [0.1, 0.15) is 52.0 Å². The van der Waals surface area contributed by atoms with E-state index in [0.29, 0.717) is 43.8 Å². The van der Waals surface area contributed by atoms with Crippen LogP contribution < -0.4 is 20.7 Å². The van der Waals surface area contributed by atoms with E-state index in [1.165, 1.54) is 6.34 Å². The van der Waals surface area contributed by atoms with E-state index in [9.17, 15) is 24.0 Å². The number of carbonyl (C=O) groups is 5. The number of aliphatic imine (C=N–C) groups is 2. The molecule has 3 aromatic carbocycles. The Hall–Kier alpha value is -6.62. The lowest BCUT2D eigenvalue weighted by Crippen LogP contribution is -2.64. The molecule has 7 aliphatic rings. The standard InChI is InChI=1S/C43H45N11O6/c44-38-36-37(26-8-11-31(12-9-26)60-30-6-2-1-3-7-30)48-54(39(36)46-25-45-38)28-5-4-16-51(22-28)43(59)50-19-17-49(18-20-50)29-23-52(24-29)27-10-13-32-33(21-27)42(58)53(41(32)57)34-14-15-35(55)47-40(34)56/h1-3,6-13,21,25,28-29,34,36,39H,4-5,14-20,22-24H2,(H2,44,45,46)(H,47,55,56)/t28-,34?,36?,39?/m1/s1. The Morgan fingerprint density at radius 3 is 2.30 bits per heavy atom. The molecule has 4 fully saturated rings. The molecule has 0 saturated carbocycles. The highest BCUT2D eigenvalue weighted by atomic mass is 16.5. The fourth-order valence-electron chi connectivity index (χ4n) is 9.46. The minimum absolute atomic E-state index is 0.0354. The Morgan fingerprint density at radius 1 is 0.783 bits per heavy atom. The number of nitrogens with two attached hydrogens (primary N) is 1. The van der Waals surface area contributed by atoms with E-state index >= 15 is 0 Å². The molecule has 10 rings (SSSR count). The number of piperidine rings is 2. The second kappa shape index (κ2) is 15.2. The van der Waals surface area contributed by atoms with Crippen molar-refractivity contribution in [3.05, 3.63) is 89.5 Å². The van der Waals surface area contributed by atoms with Gasteiger partial charge in [-0.3, -0.25) is 39.3 Å². The van der Waals surface area contributed by atoms with E-state index in [-0.39, 0.29) is 48.1 Å². The van der Waals surface area contributed by atoms with E-state index < -0.39 is 29.7 Å². The zero-order chi connectivity index (χ0) is 41.1. The van der Waals surface area contributed by atoms with Crippen LogP contribution in [0.15, 0.2) is 87.9 Å². The van der Waals surface area contributed by atoms with Gasteiger partial charge in [-0.25, -0.2) is 14.8 Å². The molecule has 7 aliphatic heterocycles. The molecule has 6 amide bonds. The van der Waals surface area contributed by atoms with Gasteiger partial charge in [0.15, 0.2) is 6.17 Å². The lowest BCUT2D eigenvalue weighted by Gasteiger charge is -2.49. The summed E-state index contributed by atoms with van der Waals surface area (Å²) in [6.45, 7) is 5.49. The summed E-state index contributed by atoms with van der Waals surface area (Å²) in [6, 6.07) is 22.0. The number of fused-ring (bicyclic) bond motifs is 2. The summed E-state index contributed by atoms with van der Waals surface area (Å²) in [6.07, 6.45) is 3.10. The number of rotatable bonds is 7. The van der Waals surface area contributed by atoms with Gasteiger partial charge in [0, 0.05) is 70.5 Å². The molecule has 3 N–H and O–H groups in total. The van der Waals surface area contributed by atoms with Crippen molar-refractivity contribution in [1.82, 2.24) is 29.9 Å². The predicted octanol–water partition coefficient (Wildman–Crippen LogP) is 2.33. The summed E-state index contributed by atoms with van der Waals surface area (Å²) in [4.78, 5) is 83.2. The fourth-order valence-corrected chi connectivity index (χ4v) is 9.46. The van der Waals surface area contributed by atoms with Gasteiger partial charge in [0.25, 0.3) is 11.8 Å². The monoisotopic (exact) mass is 811 g/mol. The van der Waals surface area contributed by atoms with Gasteiger partial charge in [0.05, 0.1) is 22.9 Å². The molecule has 4 saturated heterocycles. The van der Waals surface area contributed by atoms with Crippen LogP contribution in [0, 0.1) is 5.92 Å². The zero-order valence-electron chi connectivity index (χ0n) is 32.9. The van der Waals surface area contributed by atoms with Gasteiger partial charge in [-0.1, -0.05) is 18.2 Å². The van der Waals surface area contributed by atoms with Crippen molar-refractivity contribution in [2.45, 2.75) is 50.0 Å². The van der Waals surface area contributed by atoms with Gasteiger partial charge in [0.2, 0.25) is 11.8 Å². The topological polar surface area (TPSA) is 189 Å². The Morgan fingerprint density at radius 2 is 1.53 bits per heavy atom. The van der Waals surface area contributed by atoms with E-state index in [0.717, 1.165) is 66.6 Å². The molecule has 60 heavy (non-hydrogen) atoms. The number of amidine groups is 1. The minimum Gasteiger partial charge on any atom is -0.457 e. The predicted molar refractivity (Wildman–Crippen MR) is 221 cm³/mol. The first-order valence-electron chi connectivity index (χ1n) is 20.6. The number of urea groups is 1. The number of amides is 6. The van der Waals surface area contributed by atoms with Gasteiger partial charge < -0.3 is 25.2 Å². The highest BCUT2D eigenvalue weighted by Crippen LogP contribution is 2.36. The third-order valence-electron chi connectivity index (χ3n) is 12.8. The number of anilines is 1. The van der Waals surface area contributed by atoms with Gasteiger partial charge in [-0.05, 0) is 79.4 Å². The zero-order valence-corrected chi connectivity index (χ0v) is 32.9. The Labute approximate surface area is 346 Å². The number of nitrogens with one attached hydrogen (secondary N) is 1. The quantitative estimate of drug-likeness (QED) is 0.335. The van der Waals surface area contributed by atoms with Crippen LogP contribution in [0.4, 0.5) is 10.5 Å². The summed E-state index contributed by atoms with van der Waals surface area (Å²) in [5.74, 6) is -0.409. The summed E-state index contributed by atoms with van der Waals surface area (Å²) >= 11 is 0. The van der Waals surface area contributed by atoms with Crippen molar-refractivity contribution in [2.75, 3.05) is 57.3 Å². The van der Waals surface area contributed by atoms with Gasteiger partial charge in [-0.2, -0.15) is 5.10 Å². The van der Waals surface area contributed by atoms with Gasteiger partial charge in [-0.15, -0.1) is 0 Å².